The summed E-state index contributed by atoms with van der Waals surface area (Å²) in [6.07, 6.45) is 12.9. The molecule has 19 heavy (non-hydrogen) atoms. The molecule has 1 N–H and O–H groups in total. The van der Waals surface area contributed by atoms with Crippen LogP contribution in [0.4, 0.5) is 0 Å². The molecule has 2 fully saturated rings. The lowest BCUT2D eigenvalue weighted by Crippen LogP contribution is -2.36. The quantitative estimate of drug-likeness (QED) is 0.789. The van der Waals surface area contributed by atoms with Crippen molar-refractivity contribution in [3.8, 4) is 0 Å². The molecule has 1 aliphatic carbocycles. The third-order valence-electron chi connectivity index (χ3n) is 5.54. The molecule has 0 amide bonds. The van der Waals surface area contributed by atoms with Crippen LogP contribution in [0.5, 0.6) is 0 Å². The second-order valence-corrected chi connectivity index (χ2v) is 6.92. The van der Waals surface area contributed by atoms with Crippen LogP contribution in [0.25, 0.3) is 0 Å². The van der Waals surface area contributed by atoms with E-state index in [1.54, 1.807) is 0 Å². The van der Waals surface area contributed by atoms with Gasteiger partial charge in [-0.3, -0.25) is 0 Å². The highest BCUT2D eigenvalue weighted by Crippen LogP contribution is 2.29. The first kappa shape index (κ1) is 15.3. The average molecular weight is 266 g/mol. The molecular weight excluding hydrogens is 232 g/mol. The Kier molecular flexibility index (Phi) is 6.66. The predicted molar refractivity (Wildman–Crippen MR) is 83.5 cm³/mol. The molecular formula is C17H34N2. The van der Waals surface area contributed by atoms with E-state index in [1.807, 2.05) is 0 Å². The molecule has 1 saturated heterocycles. The van der Waals surface area contributed by atoms with Crippen LogP contribution in [0.3, 0.4) is 0 Å². The van der Waals surface area contributed by atoms with Gasteiger partial charge in [0.25, 0.3) is 0 Å². The molecule has 1 saturated carbocycles. The van der Waals surface area contributed by atoms with Crippen molar-refractivity contribution in [2.24, 2.45) is 11.8 Å². The fourth-order valence-corrected chi connectivity index (χ4v) is 3.98. The van der Waals surface area contributed by atoms with Gasteiger partial charge >= 0.3 is 0 Å². The summed E-state index contributed by atoms with van der Waals surface area (Å²) < 4.78 is 0. The van der Waals surface area contributed by atoms with Crippen molar-refractivity contribution in [1.82, 2.24) is 10.2 Å². The maximum Gasteiger partial charge on any atom is 0.00924 e. The molecule has 1 unspecified atom stereocenters. The molecule has 2 heteroatoms. The van der Waals surface area contributed by atoms with Crippen LogP contribution in [0, 0.1) is 11.8 Å². The molecule has 0 aromatic rings. The molecule has 2 nitrogen and oxygen atoms in total. The normalized spacial score (nSPS) is 32.7. The zero-order chi connectivity index (χ0) is 13.5. The topological polar surface area (TPSA) is 15.3 Å². The first-order valence-corrected chi connectivity index (χ1v) is 8.70. The number of rotatable bonds is 6. The van der Waals surface area contributed by atoms with Gasteiger partial charge in [0.05, 0.1) is 0 Å². The number of piperidine rings is 1. The lowest BCUT2D eigenvalue weighted by Gasteiger charge is -2.34. The minimum absolute atomic E-state index is 0.882. The van der Waals surface area contributed by atoms with E-state index < -0.39 is 0 Å². The predicted octanol–water partition coefficient (Wildman–Crippen LogP) is 3.67. The smallest absolute Gasteiger partial charge is 0.00924 e. The molecule has 0 bridgehead atoms. The van der Waals surface area contributed by atoms with Gasteiger partial charge in [-0.25, -0.2) is 0 Å². The molecule has 0 aromatic carbocycles. The van der Waals surface area contributed by atoms with Crippen LogP contribution < -0.4 is 5.32 Å². The molecule has 2 rings (SSSR count). The highest BCUT2D eigenvalue weighted by Gasteiger charge is 2.23. The molecule has 2 aliphatic rings. The Balaban J connectivity index is 1.57. The standard InChI is InChI=1S/C17H34N2/c1-3-15-8-10-17(11-9-15)19(2)13-5-7-16-6-4-12-18-14-16/h15-18H,3-14H2,1-2H3. The van der Waals surface area contributed by atoms with Gasteiger partial charge in [0.1, 0.15) is 0 Å². The molecule has 112 valence electrons. The molecule has 1 aliphatic heterocycles. The summed E-state index contributed by atoms with van der Waals surface area (Å²) in [6, 6.07) is 0.882. The van der Waals surface area contributed by atoms with Crippen molar-refractivity contribution in [3.05, 3.63) is 0 Å². The van der Waals surface area contributed by atoms with Crippen LogP contribution in [-0.2, 0) is 0 Å². The van der Waals surface area contributed by atoms with E-state index in [2.05, 4.69) is 24.2 Å². The third-order valence-corrected chi connectivity index (χ3v) is 5.54. The molecule has 1 atom stereocenters. The van der Waals surface area contributed by atoms with Gasteiger partial charge in [-0.15, -0.1) is 0 Å². The number of hydrogen-bond donors (Lipinski definition) is 1. The van der Waals surface area contributed by atoms with Gasteiger partial charge in [0.2, 0.25) is 0 Å². The number of nitrogens with zero attached hydrogens (tertiary/aromatic N) is 1. The fraction of sp³-hybridized carbons (Fsp3) is 1.00. The van der Waals surface area contributed by atoms with Gasteiger partial charge < -0.3 is 10.2 Å². The fourth-order valence-electron chi connectivity index (χ4n) is 3.98. The van der Waals surface area contributed by atoms with Crippen molar-refractivity contribution in [1.29, 1.82) is 0 Å². The minimum atomic E-state index is 0.882. The number of nitrogens with one attached hydrogen (secondary N) is 1. The van der Waals surface area contributed by atoms with Gasteiger partial charge in [-0.1, -0.05) is 13.3 Å². The van der Waals surface area contributed by atoms with E-state index in [1.165, 1.54) is 77.4 Å². The van der Waals surface area contributed by atoms with Gasteiger partial charge in [0, 0.05) is 6.04 Å². The van der Waals surface area contributed by atoms with Crippen LogP contribution in [0.2, 0.25) is 0 Å². The van der Waals surface area contributed by atoms with E-state index in [9.17, 15) is 0 Å². The molecule has 1 heterocycles. The molecule has 0 aromatic heterocycles. The van der Waals surface area contributed by atoms with Crippen molar-refractivity contribution >= 4 is 0 Å². The largest absolute Gasteiger partial charge is 0.316 e. The first-order chi connectivity index (χ1) is 9.29. The Morgan fingerprint density at radius 1 is 1.05 bits per heavy atom. The molecule has 0 radical (unpaired) electrons. The van der Waals surface area contributed by atoms with Crippen molar-refractivity contribution < 1.29 is 0 Å². The summed E-state index contributed by atoms with van der Waals surface area (Å²) in [5, 5.41) is 3.53. The molecule has 0 spiro atoms. The Hall–Kier alpha value is -0.0800. The zero-order valence-electron chi connectivity index (χ0n) is 13.2. The van der Waals surface area contributed by atoms with E-state index in [-0.39, 0.29) is 0 Å². The summed E-state index contributed by atoms with van der Waals surface area (Å²) in [4.78, 5) is 2.65. The maximum absolute atomic E-state index is 3.53. The van der Waals surface area contributed by atoms with E-state index in [4.69, 9.17) is 0 Å². The Morgan fingerprint density at radius 3 is 2.47 bits per heavy atom. The summed E-state index contributed by atoms with van der Waals surface area (Å²) >= 11 is 0. The Bertz CT molecular complexity index is 227. The average Bonchev–Trinajstić information content (AvgIpc) is 2.48. The van der Waals surface area contributed by atoms with Crippen molar-refractivity contribution in [2.45, 2.75) is 70.8 Å². The van der Waals surface area contributed by atoms with E-state index in [0.29, 0.717) is 0 Å². The summed E-state index contributed by atoms with van der Waals surface area (Å²) in [5.41, 5.74) is 0. The van der Waals surface area contributed by atoms with Gasteiger partial charge in [-0.05, 0) is 89.9 Å². The summed E-state index contributed by atoms with van der Waals surface area (Å²) in [6.45, 7) is 6.19. The van der Waals surface area contributed by atoms with Crippen LogP contribution in [-0.4, -0.2) is 37.6 Å². The second-order valence-electron chi connectivity index (χ2n) is 6.92. The summed E-state index contributed by atoms with van der Waals surface area (Å²) in [7, 11) is 2.36. The Morgan fingerprint density at radius 2 is 1.84 bits per heavy atom. The lowest BCUT2D eigenvalue weighted by molar-refractivity contribution is 0.158. The second kappa shape index (κ2) is 8.26. The number of hydrogen-bond acceptors (Lipinski definition) is 2. The zero-order valence-corrected chi connectivity index (χ0v) is 13.2. The highest BCUT2D eigenvalue weighted by molar-refractivity contribution is 4.78. The van der Waals surface area contributed by atoms with Crippen LogP contribution in [0.1, 0.15) is 64.7 Å². The SMILES string of the molecule is CCC1CCC(N(C)CCCC2CCCNC2)CC1. The first-order valence-electron chi connectivity index (χ1n) is 8.70. The van der Waals surface area contributed by atoms with Crippen LogP contribution in [0.15, 0.2) is 0 Å². The van der Waals surface area contributed by atoms with Crippen LogP contribution >= 0.6 is 0 Å². The van der Waals surface area contributed by atoms with E-state index >= 15 is 0 Å². The monoisotopic (exact) mass is 266 g/mol. The summed E-state index contributed by atoms with van der Waals surface area (Å²) in [5.74, 6) is 1.98. The third kappa shape index (κ3) is 5.07. The maximum atomic E-state index is 3.53. The lowest BCUT2D eigenvalue weighted by atomic mass is 9.84. The van der Waals surface area contributed by atoms with E-state index in [0.717, 1.165) is 17.9 Å². The highest BCUT2D eigenvalue weighted by atomic mass is 15.1. The minimum Gasteiger partial charge on any atom is -0.316 e. The van der Waals surface area contributed by atoms with Crippen molar-refractivity contribution in [2.75, 3.05) is 26.7 Å². The van der Waals surface area contributed by atoms with Gasteiger partial charge in [0.15, 0.2) is 0 Å². The van der Waals surface area contributed by atoms with Gasteiger partial charge in [-0.2, -0.15) is 0 Å². The Labute approximate surface area is 120 Å². The van der Waals surface area contributed by atoms with Crippen molar-refractivity contribution in [3.63, 3.8) is 0 Å².